The molecule has 3 aromatic rings. The molecule has 4 nitrogen and oxygen atoms in total. The third-order valence-corrected chi connectivity index (χ3v) is 4.10. The average Bonchev–Trinajstić information content (AvgIpc) is 3.04. The van der Waals surface area contributed by atoms with Gasteiger partial charge in [0, 0.05) is 11.1 Å². The van der Waals surface area contributed by atoms with Crippen molar-refractivity contribution in [1.29, 1.82) is 0 Å². The Kier molecular flexibility index (Phi) is 2.58. The molecule has 0 saturated heterocycles. The van der Waals surface area contributed by atoms with Gasteiger partial charge in [0.25, 0.3) is 0 Å². The Labute approximate surface area is 121 Å². The second kappa shape index (κ2) is 4.33. The van der Waals surface area contributed by atoms with Gasteiger partial charge in [-0.25, -0.2) is 9.50 Å². The summed E-state index contributed by atoms with van der Waals surface area (Å²) in [6.07, 6.45) is 0. The molecule has 4 rings (SSSR count). The van der Waals surface area contributed by atoms with Crippen LogP contribution in [0.1, 0.15) is 17.0 Å². The summed E-state index contributed by atoms with van der Waals surface area (Å²) in [4.78, 5) is 4.74. The summed E-state index contributed by atoms with van der Waals surface area (Å²) in [5.74, 6) is 0. The van der Waals surface area contributed by atoms with Gasteiger partial charge >= 0.3 is 0 Å². The van der Waals surface area contributed by atoms with Crippen molar-refractivity contribution >= 4 is 18.3 Å². The zero-order chi connectivity index (χ0) is 13.7. The van der Waals surface area contributed by atoms with Crippen LogP contribution in [0.4, 0.5) is 0 Å². The Morgan fingerprint density at radius 2 is 2.00 bits per heavy atom. The summed E-state index contributed by atoms with van der Waals surface area (Å²) in [6.45, 7) is 3.13. The van der Waals surface area contributed by atoms with Gasteiger partial charge in [0.1, 0.15) is 5.03 Å². The fourth-order valence-electron chi connectivity index (χ4n) is 2.68. The molecule has 0 saturated carbocycles. The van der Waals surface area contributed by atoms with Crippen LogP contribution in [0.25, 0.3) is 16.8 Å². The molecule has 0 amide bonds. The third-order valence-electron chi connectivity index (χ3n) is 3.64. The van der Waals surface area contributed by atoms with Crippen molar-refractivity contribution in [3.8, 4) is 11.1 Å². The minimum absolute atomic E-state index is 0.553. The molecule has 1 aliphatic rings. The summed E-state index contributed by atoms with van der Waals surface area (Å²) in [7, 11) is 0. The molecule has 3 heterocycles. The molecule has 0 radical (unpaired) electrons. The quantitative estimate of drug-likeness (QED) is 0.551. The standard InChI is InChI=1S/C15H13N3OS/c1-9-13(10-5-3-2-4-6-10)14-16-12-8-19-7-11(12)15(20)18(14)17-9/h2-6,20H,7-8H2,1H3. The highest BCUT2D eigenvalue weighted by Crippen LogP contribution is 2.32. The van der Waals surface area contributed by atoms with E-state index < -0.39 is 0 Å². The van der Waals surface area contributed by atoms with Gasteiger partial charge in [-0.2, -0.15) is 5.10 Å². The number of ether oxygens (including phenoxy) is 1. The molecule has 0 atom stereocenters. The lowest BCUT2D eigenvalue weighted by Gasteiger charge is -2.05. The van der Waals surface area contributed by atoms with Crippen LogP contribution in [0.15, 0.2) is 35.4 Å². The predicted molar refractivity (Wildman–Crippen MR) is 78.9 cm³/mol. The van der Waals surface area contributed by atoms with Gasteiger partial charge in [-0.1, -0.05) is 30.3 Å². The molecule has 0 spiro atoms. The Morgan fingerprint density at radius 1 is 1.20 bits per heavy atom. The van der Waals surface area contributed by atoms with Crippen LogP contribution in [0.2, 0.25) is 0 Å². The van der Waals surface area contributed by atoms with Crippen LogP contribution < -0.4 is 0 Å². The van der Waals surface area contributed by atoms with Crippen LogP contribution in [0.5, 0.6) is 0 Å². The molecule has 0 unspecified atom stereocenters. The fraction of sp³-hybridized carbons (Fsp3) is 0.200. The Hall–Kier alpha value is -1.85. The molecular formula is C15H13N3OS. The Bertz CT molecular complexity index is 811. The maximum absolute atomic E-state index is 5.46. The van der Waals surface area contributed by atoms with Crippen molar-refractivity contribution in [3.05, 3.63) is 47.3 Å². The van der Waals surface area contributed by atoms with Crippen LogP contribution in [0, 0.1) is 6.92 Å². The zero-order valence-corrected chi connectivity index (χ0v) is 11.9. The minimum atomic E-state index is 0.553. The number of aromatic nitrogens is 3. The van der Waals surface area contributed by atoms with Gasteiger partial charge in [0.15, 0.2) is 5.65 Å². The Balaban J connectivity index is 2.08. The Morgan fingerprint density at radius 3 is 2.80 bits per heavy atom. The lowest BCUT2D eigenvalue weighted by molar-refractivity contribution is 0.132. The number of benzene rings is 1. The number of nitrogens with zero attached hydrogens (tertiary/aromatic N) is 3. The van der Waals surface area contributed by atoms with Crippen LogP contribution >= 0.6 is 12.6 Å². The molecule has 1 aromatic carbocycles. The molecule has 0 aliphatic carbocycles. The molecule has 20 heavy (non-hydrogen) atoms. The van der Waals surface area contributed by atoms with Crippen LogP contribution in [0.3, 0.4) is 0 Å². The van der Waals surface area contributed by atoms with Crippen molar-refractivity contribution in [2.45, 2.75) is 25.2 Å². The van der Waals surface area contributed by atoms with Gasteiger partial charge in [0.2, 0.25) is 0 Å². The predicted octanol–water partition coefficient (Wildman–Crippen LogP) is 3.02. The lowest BCUT2D eigenvalue weighted by Crippen LogP contribution is -2.00. The maximum atomic E-state index is 5.46. The van der Waals surface area contributed by atoms with Gasteiger partial charge in [0.05, 0.1) is 24.6 Å². The number of hydrogen-bond donors (Lipinski definition) is 1. The van der Waals surface area contributed by atoms with E-state index in [1.165, 1.54) is 0 Å². The summed E-state index contributed by atoms with van der Waals surface area (Å²) >= 11 is 4.61. The molecular weight excluding hydrogens is 270 g/mol. The van der Waals surface area contributed by atoms with Crippen molar-refractivity contribution in [2.24, 2.45) is 0 Å². The molecule has 0 fully saturated rings. The summed E-state index contributed by atoms with van der Waals surface area (Å²) in [6, 6.07) is 10.2. The molecule has 0 N–H and O–H groups in total. The van der Waals surface area contributed by atoms with E-state index in [9.17, 15) is 0 Å². The second-order valence-corrected chi connectivity index (χ2v) is 5.34. The van der Waals surface area contributed by atoms with E-state index in [4.69, 9.17) is 9.72 Å². The SMILES string of the molecule is Cc1nn2c(S)c3c(nc2c1-c1ccccc1)COC3. The number of aryl methyl sites for hydroxylation is 1. The van der Waals surface area contributed by atoms with Crippen molar-refractivity contribution in [3.63, 3.8) is 0 Å². The van der Waals surface area contributed by atoms with E-state index in [0.29, 0.717) is 13.2 Å². The third kappa shape index (κ3) is 1.60. The van der Waals surface area contributed by atoms with E-state index in [-0.39, 0.29) is 0 Å². The van der Waals surface area contributed by atoms with Crippen LogP contribution in [-0.2, 0) is 18.0 Å². The zero-order valence-electron chi connectivity index (χ0n) is 11.0. The normalized spacial score (nSPS) is 13.9. The summed E-state index contributed by atoms with van der Waals surface area (Å²) in [5, 5.41) is 5.42. The largest absolute Gasteiger partial charge is 0.370 e. The van der Waals surface area contributed by atoms with Gasteiger partial charge in [-0.3, -0.25) is 0 Å². The van der Waals surface area contributed by atoms with E-state index in [1.807, 2.05) is 29.6 Å². The van der Waals surface area contributed by atoms with Gasteiger partial charge < -0.3 is 4.74 Å². The molecule has 1 aliphatic heterocycles. The van der Waals surface area contributed by atoms with E-state index in [1.54, 1.807) is 0 Å². The first-order valence-corrected chi connectivity index (χ1v) is 6.93. The molecule has 2 aromatic heterocycles. The van der Waals surface area contributed by atoms with Crippen molar-refractivity contribution in [2.75, 3.05) is 0 Å². The lowest BCUT2D eigenvalue weighted by atomic mass is 10.1. The topological polar surface area (TPSA) is 39.4 Å². The van der Waals surface area contributed by atoms with E-state index >= 15 is 0 Å². The molecule has 5 heteroatoms. The monoisotopic (exact) mass is 283 g/mol. The molecule has 0 bridgehead atoms. The number of fused-ring (bicyclic) bond motifs is 2. The van der Waals surface area contributed by atoms with E-state index in [0.717, 1.165) is 38.8 Å². The highest BCUT2D eigenvalue weighted by atomic mass is 32.1. The number of hydrogen-bond acceptors (Lipinski definition) is 4. The van der Waals surface area contributed by atoms with Crippen LogP contribution in [-0.4, -0.2) is 14.6 Å². The van der Waals surface area contributed by atoms with Crippen molar-refractivity contribution in [1.82, 2.24) is 14.6 Å². The maximum Gasteiger partial charge on any atom is 0.164 e. The van der Waals surface area contributed by atoms with Crippen molar-refractivity contribution < 1.29 is 4.74 Å². The highest BCUT2D eigenvalue weighted by molar-refractivity contribution is 7.80. The molecule has 100 valence electrons. The minimum Gasteiger partial charge on any atom is -0.370 e. The van der Waals surface area contributed by atoms with E-state index in [2.05, 4.69) is 29.9 Å². The van der Waals surface area contributed by atoms with Gasteiger partial charge in [-0.15, -0.1) is 12.6 Å². The first-order valence-electron chi connectivity index (χ1n) is 6.49. The fourth-order valence-corrected chi connectivity index (χ4v) is 3.01. The average molecular weight is 283 g/mol. The summed E-state index contributed by atoms with van der Waals surface area (Å²) < 4.78 is 7.27. The first-order chi connectivity index (χ1) is 9.75. The highest BCUT2D eigenvalue weighted by Gasteiger charge is 2.22. The smallest absolute Gasteiger partial charge is 0.164 e. The number of rotatable bonds is 1. The summed E-state index contributed by atoms with van der Waals surface area (Å²) in [5.41, 5.74) is 6.02. The first kappa shape index (κ1) is 11.9. The number of thiol groups is 1. The van der Waals surface area contributed by atoms with Gasteiger partial charge in [-0.05, 0) is 12.5 Å². The second-order valence-electron chi connectivity index (χ2n) is 4.92.